The quantitative estimate of drug-likeness (QED) is 0.390. The molecule has 3 rings (SSSR count). The van der Waals surface area contributed by atoms with E-state index in [1.165, 1.54) is 25.8 Å². The van der Waals surface area contributed by atoms with Crippen molar-refractivity contribution in [2.75, 3.05) is 0 Å². The van der Waals surface area contributed by atoms with E-state index in [0.29, 0.717) is 0 Å². The van der Waals surface area contributed by atoms with Crippen molar-refractivity contribution in [2.24, 2.45) is 0 Å². The average molecular weight is 390 g/mol. The molecule has 0 aliphatic rings. The molecule has 0 aliphatic carbocycles. The van der Waals surface area contributed by atoms with E-state index in [1.807, 2.05) is 0 Å². The highest BCUT2D eigenvalue weighted by Crippen LogP contribution is 2.28. The van der Waals surface area contributed by atoms with Crippen LogP contribution in [0.3, 0.4) is 0 Å². The highest BCUT2D eigenvalue weighted by Gasteiger charge is 2.03. The minimum atomic E-state index is 0. The molecule has 0 fully saturated rings. The molecule has 0 amide bonds. The summed E-state index contributed by atoms with van der Waals surface area (Å²) in [5.41, 5.74) is 5.06. The van der Waals surface area contributed by atoms with Crippen LogP contribution in [0.1, 0.15) is 0 Å². The van der Waals surface area contributed by atoms with E-state index in [4.69, 9.17) is 0 Å². The van der Waals surface area contributed by atoms with Crippen LogP contribution in [0.5, 0.6) is 0 Å². The van der Waals surface area contributed by atoms with Gasteiger partial charge in [-0.3, -0.25) is 0 Å². The van der Waals surface area contributed by atoms with Crippen LogP contribution in [0.2, 0.25) is 0 Å². The molecule has 3 aromatic rings. The molecule has 3 aromatic carbocycles. The van der Waals surface area contributed by atoms with E-state index >= 15 is 0 Å². The highest BCUT2D eigenvalue weighted by atomic mass is 127. The SMILES string of the molecule is Ic1cc(-c2ccccc2)cc(-c2ccccc2)c1.P. The number of hydrogen-bond acceptors (Lipinski definition) is 0. The predicted molar refractivity (Wildman–Crippen MR) is 101 cm³/mol. The Morgan fingerprint density at radius 2 is 0.900 bits per heavy atom. The van der Waals surface area contributed by atoms with Gasteiger partial charge in [-0.05, 0) is 63.0 Å². The third-order valence-electron chi connectivity index (χ3n) is 3.11. The van der Waals surface area contributed by atoms with Crippen LogP contribution < -0.4 is 0 Å². The number of benzene rings is 3. The molecule has 0 nitrogen and oxygen atoms in total. The second-order valence-corrected chi connectivity index (χ2v) is 5.71. The van der Waals surface area contributed by atoms with Gasteiger partial charge in [-0.2, -0.15) is 9.90 Å². The Balaban J connectivity index is 0.00000147. The van der Waals surface area contributed by atoms with Crippen molar-refractivity contribution in [2.45, 2.75) is 0 Å². The van der Waals surface area contributed by atoms with Gasteiger partial charge in [-0.25, -0.2) is 0 Å². The van der Waals surface area contributed by atoms with Gasteiger partial charge in [0.25, 0.3) is 0 Å². The number of rotatable bonds is 2. The van der Waals surface area contributed by atoms with Crippen LogP contribution in [0.4, 0.5) is 0 Å². The maximum atomic E-state index is 2.38. The molecule has 0 spiro atoms. The zero-order valence-electron chi connectivity index (χ0n) is 11.1. The maximum Gasteiger partial charge on any atom is 0.0142 e. The lowest BCUT2D eigenvalue weighted by Gasteiger charge is -2.07. The molecule has 1 atom stereocenters. The fourth-order valence-corrected chi connectivity index (χ4v) is 2.86. The first-order chi connectivity index (χ1) is 9.33. The summed E-state index contributed by atoms with van der Waals surface area (Å²) in [6, 6.07) is 27.7. The van der Waals surface area contributed by atoms with Crippen LogP contribution in [0, 0.1) is 3.57 Å². The average Bonchev–Trinajstić information content (AvgIpc) is 2.48. The van der Waals surface area contributed by atoms with Gasteiger partial charge < -0.3 is 0 Å². The van der Waals surface area contributed by atoms with Crippen LogP contribution in [0.25, 0.3) is 22.3 Å². The van der Waals surface area contributed by atoms with Gasteiger partial charge in [0.1, 0.15) is 0 Å². The Bertz CT molecular complexity index is 621. The summed E-state index contributed by atoms with van der Waals surface area (Å²) in [4.78, 5) is 0. The Kier molecular flexibility index (Phi) is 5.33. The van der Waals surface area contributed by atoms with Crippen molar-refractivity contribution >= 4 is 32.5 Å². The van der Waals surface area contributed by atoms with E-state index in [9.17, 15) is 0 Å². The predicted octanol–water partition coefficient (Wildman–Crippen LogP) is 5.68. The zero-order valence-corrected chi connectivity index (χ0v) is 14.7. The molecule has 0 aromatic heterocycles. The van der Waals surface area contributed by atoms with Crippen LogP contribution >= 0.6 is 32.5 Å². The molecule has 20 heavy (non-hydrogen) atoms. The Morgan fingerprint density at radius 3 is 1.30 bits per heavy atom. The maximum absolute atomic E-state index is 2.38. The second kappa shape index (κ2) is 7.01. The lowest BCUT2D eigenvalue weighted by Crippen LogP contribution is -1.83. The second-order valence-electron chi connectivity index (χ2n) is 4.46. The zero-order chi connectivity index (χ0) is 13.1. The Morgan fingerprint density at radius 1 is 0.500 bits per heavy atom. The van der Waals surface area contributed by atoms with Crippen LogP contribution in [0.15, 0.2) is 78.9 Å². The van der Waals surface area contributed by atoms with Gasteiger partial charge in [0.15, 0.2) is 0 Å². The normalized spacial score (nSPS) is 9.85. The van der Waals surface area contributed by atoms with Crippen molar-refractivity contribution in [1.82, 2.24) is 0 Å². The summed E-state index contributed by atoms with van der Waals surface area (Å²) in [5.74, 6) is 0. The van der Waals surface area contributed by atoms with Gasteiger partial charge in [0, 0.05) is 3.57 Å². The van der Waals surface area contributed by atoms with Crippen LogP contribution in [-0.2, 0) is 0 Å². The highest BCUT2D eigenvalue weighted by molar-refractivity contribution is 14.1. The minimum absolute atomic E-state index is 0. The topological polar surface area (TPSA) is 0 Å². The molecule has 0 bridgehead atoms. The molecular weight excluding hydrogens is 374 g/mol. The Hall–Kier alpha value is -1.18. The van der Waals surface area contributed by atoms with Gasteiger partial charge in [0.05, 0.1) is 0 Å². The summed E-state index contributed by atoms with van der Waals surface area (Å²) in [6.07, 6.45) is 0. The minimum Gasteiger partial charge on any atom is -0.153 e. The van der Waals surface area contributed by atoms with Crippen molar-refractivity contribution in [1.29, 1.82) is 0 Å². The van der Waals surface area contributed by atoms with E-state index in [2.05, 4.69) is 101 Å². The first kappa shape index (κ1) is 15.2. The fourth-order valence-electron chi connectivity index (χ4n) is 2.18. The summed E-state index contributed by atoms with van der Waals surface area (Å²) in [5, 5.41) is 0. The van der Waals surface area contributed by atoms with E-state index in [-0.39, 0.29) is 9.90 Å². The molecule has 0 saturated heterocycles. The van der Waals surface area contributed by atoms with Crippen molar-refractivity contribution in [3.8, 4) is 22.3 Å². The molecule has 1 unspecified atom stereocenters. The largest absolute Gasteiger partial charge is 0.153 e. The van der Waals surface area contributed by atoms with Gasteiger partial charge in [-0.15, -0.1) is 0 Å². The third-order valence-corrected chi connectivity index (χ3v) is 3.73. The third kappa shape index (κ3) is 3.47. The van der Waals surface area contributed by atoms with Crippen LogP contribution in [-0.4, -0.2) is 0 Å². The lowest BCUT2D eigenvalue weighted by molar-refractivity contribution is 1.56. The number of halogens is 1. The number of hydrogen-bond donors (Lipinski definition) is 0. The fraction of sp³-hybridized carbons (Fsp3) is 0. The van der Waals surface area contributed by atoms with E-state index < -0.39 is 0 Å². The standard InChI is InChI=1S/C18H13I.H3P/c19-18-12-16(14-7-3-1-4-8-14)11-17(13-18)15-9-5-2-6-10-15;/h1-13H;1H3. The molecule has 0 N–H and O–H groups in total. The summed E-state index contributed by atoms with van der Waals surface area (Å²) in [7, 11) is 0. The smallest absolute Gasteiger partial charge is 0.0142 e. The first-order valence-corrected chi connectivity index (χ1v) is 7.32. The van der Waals surface area contributed by atoms with Crippen molar-refractivity contribution in [3.63, 3.8) is 0 Å². The molecule has 2 heteroatoms. The van der Waals surface area contributed by atoms with Crippen molar-refractivity contribution in [3.05, 3.63) is 82.4 Å². The monoisotopic (exact) mass is 390 g/mol. The molecule has 100 valence electrons. The van der Waals surface area contributed by atoms with E-state index in [0.717, 1.165) is 0 Å². The van der Waals surface area contributed by atoms with Crippen molar-refractivity contribution < 1.29 is 0 Å². The van der Waals surface area contributed by atoms with Gasteiger partial charge >= 0.3 is 0 Å². The lowest BCUT2D eigenvalue weighted by atomic mass is 9.99. The molecular formula is C18H16IP. The molecule has 0 saturated carbocycles. The Labute approximate surface area is 137 Å². The summed E-state index contributed by atoms with van der Waals surface area (Å²) in [6.45, 7) is 0. The van der Waals surface area contributed by atoms with Gasteiger partial charge in [-0.1, -0.05) is 60.7 Å². The van der Waals surface area contributed by atoms with E-state index in [1.54, 1.807) is 0 Å². The summed E-state index contributed by atoms with van der Waals surface area (Å²) < 4.78 is 1.26. The molecule has 0 radical (unpaired) electrons. The first-order valence-electron chi connectivity index (χ1n) is 6.24. The van der Waals surface area contributed by atoms with Gasteiger partial charge in [0.2, 0.25) is 0 Å². The molecule has 0 aliphatic heterocycles. The summed E-state index contributed by atoms with van der Waals surface area (Å²) >= 11 is 2.38. The molecule has 0 heterocycles.